The van der Waals surface area contributed by atoms with Crippen LogP contribution in [0.1, 0.15) is 32.4 Å². The minimum Gasteiger partial charge on any atom is -0.480 e. The van der Waals surface area contributed by atoms with Crippen molar-refractivity contribution in [2.45, 2.75) is 38.6 Å². The van der Waals surface area contributed by atoms with Crippen LogP contribution in [0, 0.1) is 5.92 Å². The molecule has 0 amide bonds. The Bertz CT molecular complexity index is 524. The molecule has 1 aliphatic rings. The lowest BCUT2D eigenvalue weighted by Crippen LogP contribution is -2.66. The molecule has 6 nitrogen and oxygen atoms in total. The van der Waals surface area contributed by atoms with Gasteiger partial charge < -0.3 is 15.6 Å². The van der Waals surface area contributed by atoms with Crippen LogP contribution in [0.2, 0.25) is 0 Å². The summed E-state index contributed by atoms with van der Waals surface area (Å²) in [6.07, 6.45) is -0.638. The van der Waals surface area contributed by atoms with Crippen molar-refractivity contribution in [1.29, 1.82) is 0 Å². The lowest BCUT2D eigenvalue weighted by Gasteiger charge is -2.47. The van der Waals surface area contributed by atoms with Crippen LogP contribution < -0.4 is 5.73 Å². The Morgan fingerprint density at radius 1 is 1.52 bits per heavy atom. The van der Waals surface area contributed by atoms with Crippen molar-refractivity contribution in [3.8, 4) is 0 Å². The highest BCUT2D eigenvalue weighted by molar-refractivity contribution is 7.08. The maximum atomic E-state index is 12.0. The molecule has 1 aliphatic heterocycles. The number of carbonyl (C=O) groups excluding carboxylic acids is 1. The van der Waals surface area contributed by atoms with Crippen molar-refractivity contribution in [3.05, 3.63) is 22.4 Å². The molecule has 116 valence electrons. The Hall–Kier alpha value is -1.44. The zero-order valence-corrected chi connectivity index (χ0v) is 13.1. The molecule has 1 fully saturated rings. The van der Waals surface area contributed by atoms with Crippen LogP contribution in [0.4, 0.5) is 0 Å². The molecule has 21 heavy (non-hydrogen) atoms. The molecule has 2 rings (SSSR count). The summed E-state index contributed by atoms with van der Waals surface area (Å²) in [5, 5.41) is 13.0. The summed E-state index contributed by atoms with van der Waals surface area (Å²) in [4.78, 5) is 25.1. The van der Waals surface area contributed by atoms with E-state index in [1.807, 2.05) is 5.38 Å². The fourth-order valence-electron chi connectivity index (χ4n) is 2.33. The minimum absolute atomic E-state index is 0.295. The Morgan fingerprint density at radius 3 is 2.62 bits per heavy atom. The number of thiophene rings is 1. The highest BCUT2D eigenvalue weighted by Crippen LogP contribution is 2.34. The van der Waals surface area contributed by atoms with Crippen molar-refractivity contribution in [3.63, 3.8) is 0 Å². The van der Waals surface area contributed by atoms with E-state index in [1.54, 1.807) is 37.1 Å². The standard InChI is InChI=1S/C14H20N2O4S/c1-14(2,3)20-13(19)9-6-16(11(9)15)10(12(17)18)8-4-5-21-7-8/h4-5,7,9-11H,6,15H2,1-3H3,(H,17,18)/t9-,10+,11+/m0/s1. The van der Waals surface area contributed by atoms with Crippen molar-refractivity contribution in [2.75, 3.05) is 6.54 Å². The maximum absolute atomic E-state index is 12.0. The maximum Gasteiger partial charge on any atom is 0.325 e. The predicted octanol–water partition coefficient (Wildman–Crippen LogP) is 1.43. The van der Waals surface area contributed by atoms with E-state index in [0.29, 0.717) is 12.1 Å². The molecule has 0 bridgehead atoms. The van der Waals surface area contributed by atoms with E-state index in [1.165, 1.54) is 11.3 Å². The molecule has 3 atom stereocenters. The van der Waals surface area contributed by atoms with Gasteiger partial charge in [0, 0.05) is 6.54 Å². The van der Waals surface area contributed by atoms with Gasteiger partial charge >= 0.3 is 11.9 Å². The van der Waals surface area contributed by atoms with Gasteiger partial charge in [0.1, 0.15) is 11.6 Å². The fraction of sp³-hybridized carbons (Fsp3) is 0.571. The summed E-state index contributed by atoms with van der Waals surface area (Å²) in [6, 6.07) is 0.946. The number of hydrogen-bond acceptors (Lipinski definition) is 6. The summed E-state index contributed by atoms with van der Waals surface area (Å²) in [6.45, 7) is 5.66. The molecule has 0 saturated carbocycles. The van der Waals surface area contributed by atoms with Crippen LogP contribution >= 0.6 is 11.3 Å². The molecule has 1 aromatic heterocycles. The molecular weight excluding hydrogens is 292 g/mol. The topological polar surface area (TPSA) is 92.9 Å². The SMILES string of the molecule is CC(C)(C)OC(=O)[C@H]1CN([C@@H](C(=O)O)c2ccsc2)[C@H]1N. The third kappa shape index (κ3) is 3.42. The molecule has 1 aromatic rings. The average molecular weight is 312 g/mol. The third-order valence-corrected chi connectivity index (χ3v) is 4.04. The highest BCUT2D eigenvalue weighted by Gasteiger charge is 2.48. The predicted molar refractivity (Wildman–Crippen MR) is 78.7 cm³/mol. The van der Waals surface area contributed by atoms with Crippen LogP contribution in [0.25, 0.3) is 0 Å². The van der Waals surface area contributed by atoms with E-state index in [0.717, 1.165) is 0 Å². The van der Waals surface area contributed by atoms with Gasteiger partial charge in [-0.2, -0.15) is 11.3 Å². The minimum atomic E-state index is -0.966. The lowest BCUT2D eigenvalue weighted by molar-refractivity contribution is -0.176. The largest absolute Gasteiger partial charge is 0.480 e. The van der Waals surface area contributed by atoms with E-state index in [2.05, 4.69) is 0 Å². The van der Waals surface area contributed by atoms with Crippen LogP contribution in [-0.2, 0) is 14.3 Å². The number of esters is 1. The summed E-state index contributed by atoms with van der Waals surface area (Å²) in [5.41, 5.74) is 6.11. The summed E-state index contributed by atoms with van der Waals surface area (Å²) in [7, 11) is 0. The second kappa shape index (κ2) is 5.75. The van der Waals surface area contributed by atoms with E-state index >= 15 is 0 Å². The van der Waals surface area contributed by atoms with Crippen molar-refractivity contribution >= 4 is 23.3 Å². The zero-order valence-electron chi connectivity index (χ0n) is 12.3. The van der Waals surface area contributed by atoms with E-state index in [9.17, 15) is 14.7 Å². The highest BCUT2D eigenvalue weighted by atomic mass is 32.1. The van der Waals surface area contributed by atoms with Crippen LogP contribution in [0.3, 0.4) is 0 Å². The number of likely N-dealkylation sites (tertiary alicyclic amines) is 1. The Labute approximate surface area is 127 Å². The first-order valence-electron chi connectivity index (χ1n) is 6.70. The molecule has 3 N–H and O–H groups in total. The third-order valence-electron chi connectivity index (χ3n) is 3.34. The first kappa shape index (κ1) is 15.9. The summed E-state index contributed by atoms with van der Waals surface area (Å²) < 4.78 is 5.30. The van der Waals surface area contributed by atoms with Gasteiger partial charge in [-0.05, 0) is 43.2 Å². The number of rotatable bonds is 4. The number of carbonyl (C=O) groups is 2. The number of carboxylic acids is 1. The number of hydrogen-bond donors (Lipinski definition) is 2. The second-order valence-corrected chi connectivity index (χ2v) is 6.90. The number of carboxylic acid groups (broad SMARTS) is 1. The summed E-state index contributed by atoms with van der Waals surface area (Å²) >= 11 is 1.43. The Morgan fingerprint density at radius 2 is 2.19 bits per heavy atom. The summed E-state index contributed by atoms with van der Waals surface area (Å²) in [5.74, 6) is -1.82. The molecule has 0 aliphatic carbocycles. The molecule has 2 heterocycles. The molecular formula is C14H20N2O4S. The molecule has 0 spiro atoms. The van der Waals surface area contributed by atoms with Gasteiger partial charge in [-0.15, -0.1) is 0 Å². The normalized spacial score (nSPS) is 24.2. The Balaban J connectivity index is 2.05. The van der Waals surface area contributed by atoms with E-state index < -0.39 is 29.7 Å². The van der Waals surface area contributed by atoms with Gasteiger partial charge in [0.05, 0.1) is 12.1 Å². The average Bonchev–Trinajstić information content (AvgIpc) is 2.83. The van der Waals surface area contributed by atoms with Crippen LogP contribution in [0.5, 0.6) is 0 Å². The number of ether oxygens (including phenoxy) is 1. The van der Waals surface area contributed by atoms with Gasteiger partial charge in [-0.1, -0.05) is 0 Å². The molecule has 0 unspecified atom stereocenters. The number of nitrogens with two attached hydrogens (primary N) is 1. The molecule has 7 heteroatoms. The zero-order chi connectivity index (χ0) is 15.8. The van der Waals surface area contributed by atoms with Gasteiger partial charge in [0.2, 0.25) is 0 Å². The van der Waals surface area contributed by atoms with Gasteiger partial charge in [-0.25, -0.2) is 0 Å². The fourth-order valence-corrected chi connectivity index (χ4v) is 3.00. The van der Waals surface area contributed by atoms with Gasteiger partial charge in [-0.3, -0.25) is 14.5 Å². The van der Waals surface area contributed by atoms with Crippen molar-refractivity contribution < 1.29 is 19.4 Å². The van der Waals surface area contributed by atoms with E-state index in [4.69, 9.17) is 10.5 Å². The second-order valence-electron chi connectivity index (χ2n) is 6.12. The van der Waals surface area contributed by atoms with Crippen LogP contribution in [-0.4, -0.2) is 40.3 Å². The lowest BCUT2D eigenvalue weighted by atomic mass is 9.91. The Kier molecular flexibility index (Phi) is 4.36. The first-order valence-corrected chi connectivity index (χ1v) is 7.64. The van der Waals surface area contributed by atoms with Crippen LogP contribution in [0.15, 0.2) is 16.8 Å². The van der Waals surface area contributed by atoms with Gasteiger partial charge in [0.15, 0.2) is 0 Å². The number of nitrogens with zero attached hydrogens (tertiary/aromatic N) is 1. The number of aliphatic carboxylic acids is 1. The van der Waals surface area contributed by atoms with Gasteiger partial charge in [0.25, 0.3) is 0 Å². The molecule has 0 radical (unpaired) electrons. The molecule has 0 aromatic carbocycles. The smallest absolute Gasteiger partial charge is 0.325 e. The molecule has 1 saturated heterocycles. The monoisotopic (exact) mass is 312 g/mol. The van der Waals surface area contributed by atoms with Crippen molar-refractivity contribution in [2.24, 2.45) is 11.7 Å². The first-order chi connectivity index (χ1) is 9.70. The quantitative estimate of drug-likeness (QED) is 0.817. The van der Waals surface area contributed by atoms with Crippen molar-refractivity contribution in [1.82, 2.24) is 4.90 Å². The van der Waals surface area contributed by atoms with E-state index in [-0.39, 0.29) is 5.97 Å².